The first-order valence-electron chi connectivity index (χ1n) is 8.29. The number of hydrogen-bond acceptors (Lipinski definition) is 3. The van der Waals surface area contributed by atoms with Gasteiger partial charge in [-0.2, -0.15) is 0 Å². The quantitative estimate of drug-likeness (QED) is 0.810. The van der Waals surface area contributed by atoms with Crippen LogP contribution in [0.1, 0.15) is 31.7 Å². The molecule has 0 aliphatic carbocycles. The summed E-state index contributed by atoms with van der Waals surface area (Å²) in [5.41, 5.74) is 1.29. The van der Waals surface area contributed by atoms with Crippen LogP contribution >= 0.6 is 24.2 Å². The number of thioether (sulfide) groups is 1. The first-order chi connectivity index (χ1) is 10.7. The van der Waals surface area contributed by atoms with Crippen molar-refractivity contribution in [1.82, 2.24) is 10.2 Å². The predicted octanol–water partition coefficient (Wildman–Crippen LogP) is 3.58. The van der Waals surface area contributed by atoms with Crippen molar-refractivity contribution in [2.75, 3.05) is 26.7 Å². The molecule has 0 aromatic heterocycles. The second-order valence-corrected chi connectivity index (χ2v) is 7.43. The number of halogens is 1. The first kappa shape index (κ1) is 20.3. The lowest BCUT2D eigenvalue weighted by atomic mass is 9.93. The van der Waals surface area contributed by atoms with Gasteiger partial charge in [-0.1, -0.05) is 30.3 Å². The van der Waals surface area contributed by atoms with Gasteiger partial charge in [0.25, 0.3) is 0 Å². The molecule has 1 aromatic carbocycles. The fraction of sp³-hybridized carbons (Fsp3) is 0.611. The maximum atomic E-state index is 12.5. The van der Waals surface area contributed by atoms with Crippen molar-refractivity contribution in [2.45, 2.75) is 37.2 Å². The highest BCUT2D eigenvalue weighted by atomic mass is 35.5. The molecule has 130 valence electrons. The zero-order valence-electron chi connectivity index (χ0n) is 14.2. The maximum Gasteiger partial charge on any atom is 0.235 e. The minimum Gasteiger partial charge on any atom is -0.342 e. The Bertz CT molecular complexity index is 450. The van der Waals surface area contributed by atoms with Crippen molar-refractivity contribution < 1.29 is 4.79 Å². The number of likely N-dealkylation sites (tertiary alicyclic amines) is 1. The van der Waals surface area contributed by atoms with E-state index >= 15 is 0 Å². The third-order valence-corrected chi connectivity index (χ3v) is 5.62. The van der Waals surface area contributed by atoms with E-state index in [1.165, 1.54) is 12.0 Å². The number of nitrogens with zero attached hydrogens (tertiary/aromatic N) is 1. The number of piperidine rings is 1. The molecule has 1 N–H and O–H groups in total. The van der Waals surface area contributed by atoms with Crippen LogP contribution < -0.4 is 5.32 Å². The van der Waals surface area contributed by atoms with Crippen molar-refractivity contribution in [3.8, 4) is 0 Å². The van der Waals surface area contributed by atoms with Crippen LogP contribution in [-0.4, -0.2) is 42.7 Å². The fourth-order valence-electron chi connectivity index (χ4n) is 2.91. The molecular weight excluding hydrogens is 328 g/mol. The normalized spacial score (nSPS) is 16.7. The summed E-state index contributed by atoms with van der Waals surface area (Å²) in [6.45, 7) is 5.00. The van der Waals surface area contributed by atoms with Gasteiger partial charge >= 0.3 is 0 Å². The molecule has 1 unspecified atom stereocenters. The van der Waals surface area contributed by atoms with Crippen LogP contribution in [-0.2, 0) is 10.5 Å². The van der Waals surface area contributed by atoms with Crippen LogP contribution in [0.15, 0.2) is 30.3 Å². The van der Waals surface area contributed by atoms with Crippen LogP contribution in [0.25, 0.3) is 0 Å². The van der Waals surface area contributed by atoms with Gasteiger partial charge in [0.15, 0.2) is 0 Å². The molecule has 1 heterocycles. The number of amides is 1. The van der Waals surface area contributed by atoms with Crippen LogP contribution in [0, 0.1) is 5.92 Å². The lowest BCUT2D eigenvalue weighted by molar-refractivity contribution is -0.131. The third-order valence-electron chi connectivity index (χ3n) is 4.42. The Labute approximate surface area is 151 Å². The average Bonchev–Trinajstić information content (AvgIpc) is 2.58. The Balaban J connectivity index is 0.00000264. The zero-order chi connectivity index (χ0) is 15.8. The molecule has 3 nitrogen and oxygen atoms in total. The van der Waals surface area contributed by atoms with Gasteiger partial charge in [0.1, 0.15) is 0 Å². The lowest BCUT2D eigenvalue weighted by Gasteiger charge is -2.33. The molecule has 5 heteroatoms. The number of benzene rings is 1. The van der Waals surface area contributed by atoms with Gasteiger partial charge in [0.2, 0.25) is 5.91 Å². The Morgan fingerprint density at radius 1 is 1.30 bits per heavy atom. The second kappa shape index (κ2) is 11.0. The predicted molar refractivity (Wildman–Crippen MR) is 102 cm³/mol. The Hall–Kier alpha value is -0.710. The Morgan fingerprint density at radius 3 is 2.57 bits per heavy atom. The molecule has 1 fully saturated rings. The molecule has 1 aliphatic heterocycles. The summed E-state index contributed by atoms with van der Waals surface area (Å²) in [5, 5.41) is 3.27. The summed E-state index contributed by atoms with van der Waals surface area (Å²) < 4.78 is 0. The van der Waals surface area contributed by atoms with Crippen LogP contribution in [0.3, 0.4) is 0 Å². The van der Waals surface area contributed by atoms with Crippen LogP contribution in [0.5, 0.6) is 0 Å². The first-order valence-corrected chi connectivity index (χ1v) is 9.34. The van der Waals surface area contributed by atoms with Crippen molar-refractivity contribution in [1.29, 1.82) is 0 Å². The number of nitrogens with one attached hydrogen (secondary N) is 1. The van der Waals surface area contributed by atoms with E-state index in [-0.39, 0.29) is 17.7 Å². The minimum atomic E-state index is 0. The van der Waals surface area contributed by atoms with E-state index in [0.717, 1.165) is 44.1 Å². The van der Waals surface area contributed by atoms with Crippen molar-refractivity contribution in [3.63, 3.8) is 0 Å². The van der Waals surface area contributed by atoms with E-state index in [9.17, 15) is 4.79 Å². The van der Waals surface area contributed by atoms with E-state index in [0.29, 0.717) is 5.91 Å². The van der Waals surface area contributed by atoms with Gasteiger partial charge < -0.3 is 10.2 Å². The van der Waals surface area contributed by atoms with E-state index in [1.807, 2.05) is 20.0 Å². The van der Waals surface area contributed by atoms with E-state index in [2.05, 4.69) is 34.5 Å². The lowest BCUT2D eigenvalue weighted by Crippen LogP contribution is -2.42. The number of rotatable bonds is 7. The van der Waals surface area contributed by atoms with Gasteiger partial charge in [-0.25, -0.2) is 0 Å². The highest BCUT2D eigenvalue weighted by molar-refractivity contribution is 7.99. The molecule has 2 rings (SSSR count). The standard InChI is InChI=1S/C18H28N2OS.ClH/c1-15(22-14-17-6-4-3-5-7-17)18(21)20-12-9-16(10-13-20)8-11-19-2;/h3-7,15-16,19H,8-14H2,1-2H3;1H. The minimum absolute atomic E-state index is 0. The molecule has 0 spiro atoms. The summed E-state index contributed by atoms with van der Waals surface area (Å²) in [6.07, 6.45) is 3.55. The van der Waals surface area contributed by atoms with E-state index in [4.69, 9.17) is 0 Å². The highest BCUT2D eigenvalue weighted by Gasteiger charge is 2.25. The fourth-order valence-corrected chi connectivity index (χ4v) is 3.84. The number of carbonyl (C=O) groups excluding carboxylic acids is 1. The Morgan fingerprint density at radius 2 is 1.96 bits per heavy atom. The third kappa shape index (κ3) is 6.74. The molecule has 0 radical (unpaired) electrons. The Kier molecular flexibility index (Phi) is 9.68. The SMILES string of the molecule is CNCCC1CCN(C(=O)C(C)SCc2ccccc2)CC1.Cl. The van der Waals surface area contributed by atoms with E-state index < -0.39 is 0 Å². The molecule has 1 amide bonds. The number of hydrogen-bond donors (Lipinski definition) is 1. The molecule has 0 bridgehead atoms. The summed E-state index contributed by atoms with van der Waals surface area (Å²) in [6, 6.07) is 10.4. The summed E-state index contributed by atoms with van der Waals surface area (Å²) >= 11 is 1.74. The highest BCUT2D eigenvalue weighted by Crippen LogP contribution is 2.24. The molecule has 1 aromatic rings. The monoisotopic (exact) mass is 356 g/mol. The molecule has 23 heavy (non-hydrogen) atoms. The van der Waals surface area contributed by atoms with Crippen LogP contribution in [0.2, 0.25) is 0 Å². The van der Waals surface area contributed by atoms with Crippen molar-refractivity contribution in [3.05, 3.63) is 35.9 Å². The molecular formula is C18H29ClN2OS. The van der Waals surface area contributed by atoms with Gasteiger partial charge in [-0.15, -0.1) is 24.2 Å². The van der Waals surface area contributed by atoms with Crippen LogP contribution in [0.4, 0.5) is 0 Å². The van der Waals surface area contributed by atoms with Gasteiger partial charge in [-0.3, -0.25) is 4.79 Å². The summed E-state index contributed by atoms with van der Waals surface area (Å²) in [5.74, 6) is 2.00. The van der Waals surface area contributed by atoms with Gasteiger partial charge in [0.05, 0.1) is 5.25 Å². The molecule has 0 saturated carbocycles. The summed E-state index contributed by atoms with van der Waals surface area (Å²) in [4.78, 5) is 14.6. The van der Waals surface area contributed by atoms with Gasteiger partial charge in [-0.05, 0) is 51.3 Å². The second-order valence-electron chi connectivity index (χ2n) is 6.10. The molecule has 1 saturated heterocycles. The average molecular weight is 357 g/mol. The number of carbonyl (C=O) groups is 1. The van der Waals surface area contributed by atoms with Crippen molar-refractivity contribution >= 4 is 30.1 Å². The van der Waals surface area contributed by atoms with Crippen molar-refractivity contribution in [2.24, 2.45) is 5.92 Å². The largest absolute Gasteiger partial charge is 0.342 e. The summed E-state index contributed by atoms with van der Waals surface area (Å²) in [7, 11) is 2.00. The van der Waals surface area contributed by atoms with Gasteiger partial charge in [0, 0.05) is 18.8 Å². The zero-order valence-corrected chi connectivity index (χ0v) is 15.8. The topological polar surface area (TPSA) is 32.3 Å². The molecule has 1 aliphatic rings. The maximum absolute atomic E-state index is 12.5. The van der Waals surface area contributed by atoms with E-state index in [1.54, 1.807) is 11.8 Å². The smallest absolute Gasteiger partial charge is 0.235 e. The molecule has 1 atom stereocenters.